The molecule has 0 saturated carbocycles. The molecule has 6 nitrogen and oxygen atoms in total. The first-order valence-electron chi connectivity index (χ1n) is 8.42. The predicted molar refractivity (Wildman–Crippen MR) is 87.3 cm³/mol. The number of nitrogens with one attached hydrogen (secondary N) is 1. The Morgan fingerprint density at radius 3 is 2.79 bits per heavy atom. The molecule has 3 rings (SSSR count). The van der Waals surface area contributed by atoms with Gasteiger partial charge in [0.05, 0.1) is 18.6 Å². The Kier molecular flexibility index (Phi) is 4.43. The fourth-order valence-electron chi connectivity index (χ4n) is 4.66. The molecule has 0 spiro atoms. The zero-order valence-electron chi connectivity index (χ0n) is 13.9. The van der Waals surface area contributed by atoms with Gasteiger partial charge >= 0.3 is 5.97 Å². The molecular formula is C17H24ClNO5. The van der Waals surface area contributed by atoms with Gasteiger partial charge in [-0.05, 0) is 38.0 Å². The van der Waals surface area contributed by atoms with Crippen molar-refractivity contribution in [2.45, 2.75) is 50.4 Å². The van der Waals surface area contributed by atoms with E-state index in [9.17, 15) is 19.8 Å². The van der Waals surface area contributed by atoms with Crippen molar-refractivity contribution < 1.29 is 24.5 Å². The van der Waals surface area contributed by atoms with Gasteiger partial charge < -0.3 is 20.3 Å². The van der Waals surface area contributed by atoms with Crippen LogP contribution in [0.4, 0.5) is 0 Å². The summed E-state index contributed by atoms with van der Waals surface area (Å²) in [7, 11) is 0. The van der Waals surface area contributed by atoms with Crippen molar-refractivity contribution in [2.75, 3.05) is 12.5 Å². The summed E-state index contributed by atoms with van der Waals surface area (Å²) in [6.45, 7) is 3.49. The number of rotatable bonds is 5. The molecule has 1 amide bonds. The molecule has 1 aliphatic carbocycles. The van der Waals surface area contributed by atoms with Gasteiger partial charge in [-0.3, -0.25) is 4.79 Å². The minimum Gasteiger partial charge on any atom is -0.451 e. The number of alkyl halides is 1. The van der Waals surface area contributed by atoms with Gasteiger partial charge in [-0.1, -0.05) is 18.6 Å². The Hall–Kier alpha value is -1.11. The highest BCUT2D eigenvalue weighted by Gasteiger charge is 2.81. The van der Waals surface area contributed by atoms with Crippen molar-refractivity contribution in [1.29, 1.82) is 0 Å². The predicted octanol–water partition coefficient (Wildman–Crippen LogP) is 0.741. The van der Waals surface area contributed by atoms with Crippen LogP contribution in [0.15, 0.2) is 11.6 Å². The van der Waals surface area contributed by atoms with E-state index in [1.807, 2.05) is 13.8 Å². The first-order chi connectivity index (χ1) is 11.4. The Balaban J connectivity index is 1.99. The maximum atomic E-state index is 12.4. The van der Waals surface area contributed by atoms with Gasteiger partial charge in [0.2, 0.25) is 11.4 Å². The number of hydrogen-bond acceptors (Lipinski definition) is 5. The van der Waals surface area contributed by atoms with E-state index in [2.05, 4.69) is 11.4 Å². The molecule has 24 heavy (non-hydrogen) atoms. The topological polar surface area (TPSA) is 95.9 Å². The van der Waals surface area contributed by atoms with E-state index in [1.165, 1.54) is 0 Å². The summed E-state index contributed by atoms with van der Waals surface area (Å²) >= 11 is 5.78. The first-order valence-corrected chi connectivity index (χ1v) is 8.96. The number of carbonyl (C=O) groups is 2. The minimum absolute atomic E-state index is 0.0805. The third-order valence-electron chi connectivity index (χ3n) is 6.27. The number of allylic oxidation sites excluding steroid dienone is 2. The van der Waals surface area contributed by atoms with E-state index in [4.69, 9.17) is 16.3 Å². The van der Waals surface area contributed by atoms with Crippen LogP contribution < -0.4 is 5.32 Å². The molecular weight excluding hydrogens is 334 g/mol. The van der Waals surface area contributed by atoms with Gasteiger partial charge in [0, 0.05) is 5.88 Å². The molecule has 6 atom stereocenters. The monoisotopic (exact) mass is 357 g/mol. The second-order valence-corrected chi connectivity index (χ2v) is 7.57. The molecule has 0 aromatic heterocycles. The Morgan fingerprint density at radius 1 is 1.50 bits per heavy atom. The van der Waals surface area contributed by atoms with Gasteiger partial charge in [-0.15, -0.1) is 11.6 Å². The second kappa shape index (κ2) is 6.00. The Bertz CT molecular complexity index is 594. The highest BCUT2D eigenvalue weighted by atomic mass is 35.5. The van der Waals surface area contributed by atoms with Gasteiger partial charge in [0.1, 0.15) is 0 Å². The van der Waals surface area contributed by atoms with Crippen LogP contribution in [0.5, 0.6) is 0 Å². The summed E-state index contributed by atoms with van der Waals surface area (Å²) < 4.78 is 5.31. The van der Waals surface area contributed by atoms with Crippen LogP contribution in [0, 0.1) is 17.8 Å². The van der Waals surface area contributed by atoms with Gasteiger partial charge in [-0.2, -0.15) is 0 Å². The van der Waals surface area contributed by atoms with E-state index in [0.717, 1.165) is 12.0 Å². The van der Waals surface area contributed by atoms with Crippen LogP contribution in [-0.2, 0) is 14.3 Å². The zero-order valence-corrected chi connectivity index (χ0v) is 14.7. The highest BCUT2D eigenvalue weighted by molar-refractivity contribution is 6.18. The zero-order chi connectivity index (χ0) is 17.7. The lowest BCUT2D eigenvalue weighted by molar-refractivity contribution is -0.254. The first kappa shape index (κ1) is 17.7. The fourth-order valence-corrected chi connectivity index (χ4v) is 4.88. The van der Waals surface area contributed by atoms with E-state index in [0.29, 0.717) is 6.42 Å². The number of carbonyl (C=O) groups excluding carboxylic acids is 2. The maximum absolute atomic E-state index is 12.4. The molecule has 0 bridgehead atoms. The summed E-state index contributed by atoms with van der Waals surface area (Å²) in [6.07, 6.45) is 2.82. The molecule has 3 unspecified atom stereocenters. The average molecular weight is 358 g/mol. The molecule has 2 aliphatic heterocycles. The molecule has 3 aliphatic rings. The summed E-state index contributed by atoms with van der Waals surface area (Å²) in [5.41, 5.74) is -1.85. The third-order valence-corrected chi connectivity index (χ3v) is 6.49. The van der Waals surface area contributed by atoms with Crippen molar-refractivity contribution >= 4 is 23.5 Å². The van der Waals surface area contributed by atoms with Crippen molar-refractivity contribution in [1.82, 2.24) is 5.32 Å². The Morgan fingerprint density at radius 2 is 2.21 bits per heavy atom. The maximum Gasteiger partial charge on any atom is 0.339 e. The van der Waals surface area contributed by atoms with Crippen LogP contribution in [0.2, 0.25) is 0 Å². The number of halogens is 1. The molecule has 3 N–H and O–H groups in total. The fraction of sp³-hybridized carbons (Fsp3) is 0.765. The largest absolute Gasteiger partial charge is 0.451 e. The number of aliphatic hydroxyl groups is 2. The van der Waals surface area contributed by atoms with E-state index < -0.39 is 41.6 Å². The standard InChI is InChI=1S/C17H24ClNO5/c1-9-4-3-5-11(10(9)2)13(21)17-15(23)24-16(17,8-20)12(6-7-18)14(22)19-17/h4,10-13,20-21H,3,5-8H2,1-2H3,(H,19,22)/t10-,11?,12+,13+,16?,17?/m1/s1. The molecule has 0 aromatic rings. The normalized spacial score (nSPS) is 42.5. The van der Waals surface area contributed by atoms with Gasteiger partial charge in [-0.25, -0.2) is 4.79 Å². The quantitative estimate of drug-likeness (QED) is 0.383. The molecule has 2 saturated heterocycles. The summed E-state index contributed by atoms with van der Waals surface area (Å²) in [5, 5.41) is 23.8. The number of ether oxygens (including phenoxy) is 1. The molecule has 2 fully saturated rings. The van der Waals surface area contributed by atoms with Crippen molar-refractivity contribution in [3.05, 3.63) is 11.6 Å². The lowest BCUT2D eigenvalue weighted by atomic mass is 9.61. The van der Waals surface area contributed by atoms with E-state index >= 15 is 0 Å². The summed E-state index contributed by atoms with van der Waals surface area (Å²) in [6, 6.07) is 0. The van der Waals surface area contributed by atoms with Crippen molar-refractivity contribution in [3.8, 4) is 0 Å². The highest BCUT2D eigenvalue weighted by Crippen LogP contribution is 2.54. The summed E-state index contributed by atoms with van der Waals surface area (Å²) in [4.78, 5) is 24.8. The SMILES string of the molecule is CC1=CCCC([C@H](O)C23NC(=O)[C@H](CCCl)C2(CO)OC3=O)[C@@H]1C. The van der Waals surface area contributed by atoms with Crippen LogP contribution in [-0.4, -0.2) is 51.8 Å². The average Bonchev–Trinajstić information content (AvgIpc) is 2.75. The van der Waals surface area contributed by atoms with Crippen LogP contribution in [0.3, 0.4) is 0 Å². The number of fused-ring (bicyclic) bond motifs is 1. The van der Waals surface area contributed by atoms with Crippen LogP contribution in [0.1, 0.15) is 33.1 Å². The van der Waals surface area contributed by atoms with Crippen LogP contribution >= 0.6 is 11.6 Å². The molecule has 2 heterocycles. The lowest BCUT2D eigenvalue weighted by Crippen LogP contribution is -2.82. The molecule has 0 radical (unpaired) electrons. The number of hydrogen-bond donors (Lipinski definition) is 3. The smallest absolute Gasteiger partial charge is 0.339 e. The van der Waals surface area contributed by atoms with Gasteiger partial charge in [0.15, 0.2) is 5.60 Å². The van der Waals surface area contributed by atoms with Gasteiger partial charge in [0.25, 0.3) is 0 Å². The summed E-state index contributed by atoms with van der Waals surface area (Å²) in [5.74, 6) is -1.73. The van der Waals surface area contributed by atoms with Crippen LogP contribution in [0.25, 0.3) is 0 Å². The van der Waals surface area contributed by atoms with Crippen molar-refractivity contribution in [3.63, 3.8) is 0 Å². The lowest BCUT2D eigenvalue weighted by Gasteiger charge is -2.56. The second-order valence-electron chi connectivity index (χ2n) is 7.19. The van der Waals surface area contributed by atoms with E-state index in [-0.39, 0.29) is 24.1 Å². The van der Waals surface area contributed by atoms with E-state index in [1.54, 1.807) is 0 Å². The molecule has 0 aromatic carbocycles. The Labute approximate surface area is 146 Å². The molecule has 7 heteroatoms. The minimum atomic E-state index is -1.58. The number of amides is 1. The number of esters is 1. The third kappa shape index (κ3) is 2.02. The molecule has 134 valence electrons. The van der Waals surface area contributed by atoms with Crippen molar-refractivity contribution in [2.24, 2.45) is 17.8 Å². The number of aliphatic hydroxyl groups excluding tert-OH is 2.